The third-order valence-corrected chi connectivity index (χ3v) is 4.09. The van der Waals surface area contributed by atoms with Crippen LogP contribution in [0.15, 0.2) is 37.0 Å². The molecule has 0 saturated carbocycles. The second-order valence-electron chi connectivity index (χ2n) is 7.26. The highest BCUT2D eigenvalue weighted by atomic mass is 19.1. The van der Waals surface area contributed by atoms with Crippen molar-refractivity contribution in [2.45, 2.75) is 26.4 Å². The topological polar surface area (TPSA) is 44.1 Å². The largest absolute Gasteiger partial charge is 0.456 e. The molecule has 2 heterocycles. The number of ether oxygens (including phenoxy) is 1. The van der Waals surface area contributed by atoms with Crippen LogP contribution in [-0.4, -0.2) is 21.1 Å². The van der Waals surface area contributed by atoms with E-state index in [1.165, 1.54) is 6.08 Å². The van der Waals surface area contributed by atoms with Gasteiger partial charge in [-0.25, -0.2) is 14.2 Å². The molecule has 0 aliphatic heterocycles. The molecule has 1 aromatic carbocycles. The van der Waals surface area contributed by atoms with E-state index in [1.54, 1.807) is 32.9 Å². The number of fused-ring (bicyclic) bond motifs is 1. The van der Waals surface area contributed by atoms with Crippen LogP contribution in [0, 0.1) is 11.8 Å². The summed E-state index contributed by atoms with van der Waals surface area (Å²) >= 11 is 0. The molecule has 0 aliphatic rings. The lowest BCUT2D eigenvalue weighted by atomic mass is 10.0. The van der Waals surface area contributed by atoms with E-state index in [1.807, 2.05) is 29.9 Å². The smallest absolute Gasteiger partial charge is 0.346 e. The van der Waals surface area contributed by atoms with Gasteiger partial charge in [0, 0.05) is 35.3 Å². The van der Waals surface area contributed by atoms with Gasteiger partial charge in [-0.1, -0.05) is 18.7 Å². The number of hydrogen-bond acceptors (Lipinski definition) is 3. The van der Waals surface area contributed by atoms with Crippen LogP contribution in [0.1, 0.15) is 36.7 Å². The molecule has 0 unspecified atom stereocenters. The van der Waals surface area contributed by atoms with Crippen LogP contribution in [0.25, 0.3) is 28.2 Å². The summed E-state index contributed by atoms with van der Waals surface area (Å²) in [6, 6.07) is 7.26. The molecule has 140 valence electrons. The van der Waals surface area contributed by atoms with Gasteiger partial charge in [-0.15, -0.1) is 0 Å². The lowest BCUT2D eigenvalue weighted by Gasteiger charge is -2.20. The first-order valence-electron chi connectivity index (χ1n) is 8.42. The van der Waals surface area contributed by atoms with Crippen molar-refractivity contribution >= 4 is 22.9 Å². The maximum atomic E-state index is 15.0. The first kappa shape index (κ1) is 18.8. The molecular weight excluding hydrogens is 350 g/mol. The lowest BCUT2D eigenvalue weighted by Crippen LogP contribution is -2.26. The number of nitrogens with zero attached hydrogens (tertiary/aromatic N) is 2. The summed E-state index contributed by atoms with van der Waals surface area (Å²) in [6.45, 7) is 8.44. The van der Waals surface area contributed by atoms with Crippen LogP contribution in [0.5, 0.6) is 0 Å². The van der Waals surface area contributed by atoms with Gasteiger partial charge in [-0.3, -0.25) is 0 Å². The number of pyridine rings is 1. The lowest BCUT2D eigenvalue weighted by molar-refractivity contribution is 0.00584. The van der Waals surface area contributed by atoms with Gasteiger partial charge in [0.05, 0.1) is 5.69 Å². The van der Waals surface area contributed by atoms with Crippen LogP contribution in [0.3, 0.4) is 0 Å². The monoisotopic (exact) mass is 370 g/mol. The second kappa shape index (κ2) is 6.61. The van der Waals surface area contributed by atoms with E-state index in [0.29, 0.717) is 5.56 Å². The van der Waals surface area contributed by atoms with Gasteiger partial charge in [0.1, 0.15) is 5.60 Å². The molecule has 3 aromatic rings. The Morgan fingerprint density at radius 3 is 2.59 bits per heavy atom. The molecule has 6 heteroatoms. The second-order valence-corrected chi connectivity index (χ2v) is 7.26. The van der Waals surface area contributed by atoms with E-state index in [2.05, 4.69) is 11.6 Å². The van der Waals surface area contributed by atoms with Gasteiger partial charge in [0.2, 0.25) is 5.95 Å². The van der Waals surface area contributed by atoms with Crippen LogP contribution in [0.4, 0.5) is 8.78 Å². The predicted octanol–water partition coefficient (Wildman–Crippen LogP) is 5.12. The molecule has 0 bridgehead atoms. The Morgan fingerprint density at radius 2 is 1.96 bits per heavy atom. The molecule has 0 saturated heterocycles. The van der Waals surface area contributed by atoms with Crippen LogP contribution < -0.4 is 0 Å². The summed E-state index contributed by atoms with van der Waals surface area (Å²) in [5.74, 6) is -3.34. The highest BCUT2D eigenvalue weighted by Gasteiger charge is 2.28. The Labute approximate surface area is 156 Å². The Hall–Kier alpha value is -3.02. The quantitative estimate of drug-likeness (QED) is 0.475. The zero-order chi connectivity index (χ0) is 19.9. The molecule has 0 aliphatic carbocycles. The zero-order valence-corrected chi connectivity index (χ0v) is 15.6. The summed E-state index contributed by atoms with van der Waals surface area (Å²) in [7, 11) is 1.91. The summed E-state index contributed by atoms with van der Waals surface area (Å²) in [6.07, 6.45) is 3.11. The fraction of sp³-hybridized carbons (Fsp3) is 0.238. The molecule has 0 amide bonds. The summed E-state index contributed by atoms with van der Waals surface area (Å²) < 4.78 is 36.6. The molecule has 2 aromatic heterocycles. The number of aryl methyl sites for hydroxylation is 1. The van der Waals surface area contributed by atoms with Gasteiger partial charge in [-0.2, -0.15) is 4.39 Å². The van der Waals surface area contributed by atoms with Gasteiger partial charge >= 0.3 is 5.97 Å². The van der Waals surface area contributed by atoms with Crippen molar-refractivity contribution in [2.75, 3.05) is 0 Å². The summed E-state index contributed by atoms with van der Waals surface area (Å²) in [4.78, 5) is 16.1. The number of hydrogen-bond donors (Lipinski definition) is 0. The minimum atomic E-state index is -1.21. The minimum Gasteiger partial charge on any atom is -0.456 e. The van der Waals surface area contributed by atoms with E-state index in [0.717, 1.165) is 10.9 Å². The van der Waals surface area contributed by atoms with Gasteiger partial charge < -0.3 is 9.30 Å². The van der Waals surface area contributed by atoms with E-state index < -0.39 is 28.9 Å². The first-order chi connectivity index (χ1) is 12.6. The van der Waals surface area contributed by atoms with E-state index in [4.69, 9.17) is 4.74 Å². The molecule has 27 heavy (non-hydrogen) atoms. The van der Waals surface area contributed by atoms with E-state index in [-0.39, 0.29) is 11.3 Å². The Kier molecular flexibility index (Phi) is 4.59. The average molecular weight is 370 g/mol. The number of aromatic nitrogens is 2. The summed E-state index contributed by atoms with van der Waals surface area (Å²) in [5.41, 5.74) is -0.168. The highest BCUT2D eigenvalue weighted by Crippen LogP contribution is 2.31. The van der Waals surface area contributed by atoms with Crippen molar-refractivity contribution in [2.24, 2.45) is 7.05 Å². The third kappa shape index (κ3) is 3.47. The van der Waals surface area contributed by atoms with Crippen LogP contribution in [0.2, 0.25) is 0 Å². The Bertz CT molecular complexity index is 1060. The molecule has 0 fully saturated rings. The van der Waals surface area contributed by atoms with Gasteiger partial charge in [-0.05, 0) is 39.0 Å². The SMILES string of the molecule is C=Cc1c(-c2ccc3c(ccn3C)c2)nc(F)c(C(=O)OC(C)(C)C)c1F. The number of esters is 1. The van der Waals surface area contributed by atoms with Crippen molar-refractivity contribution in [1.82, 2.24) is 9.55 Å². The molecule has 4 nitrogen and oxygen atoms in total. The fourth-order valence-corrected chi connectivity index (χ4v) is 2.88. The third-order valence-electron chi connectivity index (χ3n) is 4.09. The normalized spacial score (nSPS) is 11.6. The maximum absolute atomic E-state index is 15.0. The average Bonchev–Trinajstić information content (AvgIpc) is 2.93. The fourth-order valence-electron chi connectivity index (χ4n) is 2.88. The van der Waals surface area contributed by atoms with Gasteiger partial charge in [0.15, 0.2) is 11.4 Å². The number of carbonyl (C=O) groups excluding carboxylic acids is 1. The van der Waals surface area contributed by atoms with E-state index >= 15 is 0 Å². The minimum absolute atomic E-state index is 0.0486. The number of carbonyl (C=O) groups is 1. The predicted molar refractivity (Wildman–Crippen MR) is 101 cm³/mol. The summed E-state index contributed by atoms with van der Waals surface area (Å²) in [5, 5.41) is 0.906. The maximum Gasteiger partial charge on any atom is 0.346 e. The first-order valence-corrected chi connectivity index (χ1v) is 8.42. The van der Waals surface area contributed by atoms with Gasteiger partial charge in [0.25, 0.3) is 0 Å². The molecule has 0 atom stereocenters. The Balaban J connectivity index is 2.16. The molecular formula is C21H20F2N2O2. The Morgan fingerprint density at radius 1 is 1.26 bits per heavy atom. The highest BCUT2D eigenvalue weighted by molar-refractivity contribution is 5.93. The van der Waals surface area contributed by atoms with Crippen molar-refractivity contribution in [3.8, 4) is 11.3 Å². The zero-order valence-electron chi connectivity index (χ0n) is 15.6. The number of benzene rings is 1. The van der Waals surface area contributed by atoms with Crippen LogP contribution in [-0.2, 0) is 11.8 Å². The number of rotatable bonds is 3. The van der Waals surface area contributed by atoms with Crippen molar-refractivity contribution in [3.05, 3.63) is 59.9 Å². The molecule has 3 rings (SSSR count). The number of halogens is 2. The standard InChI is InChI=1S/C21H20F2N2O2/c1-6-14-17(22)16(20(26)27-21(2,3)4)19(23)24-18(14)13-7-8-15-12(11-13)9-10-25(15)5/h6-11H,1H2,2-5H3. The van der Waals surface area contributed by atoms with Crippen molar-refractivity contribution in [3.63, 3.8) is 0 Å². The molecule has 0 N–H and O–H groups in total. The molecule has 0 spiro atoms. The van der Waals surface area contributed by atoms with E-state index in [9.17, 15) is 13.6 Å². The van der Waals surface area contributed by atoms with Crippen LogP contribution >= 0.6 is 0 Å². The van der Waals surface area contributed by atoms with Crippen molar-refractivity contribution < 1.29 is 18.3 Å². The van der Waals surface area contributed by atoms with Crippen molar-refractivity contribution in [1.29, 1.82) is 0 Å². The molecule has 0 radical (unpaired) electrons.